The zero-order valence-electron chi connectivity index (χ0n) is 14.8. The molecule has 0 aliphatic carbocycles. The second kappa shape index (κ2) is 14.2. The van der Waals surface area contributed by atoms with Crippen LogP contribution in [0.25, 0.3) is 0 Å². The highest BCUT2D eigenvalue weighted by Crippen LogP contribution is 2.45. The molecule has 0 radical (unpaired) electrons. The van der Waals surface area contributed by atoms with Crippen LogP contribution in [-0.4, -0.2) is 43.6 Å². The van der Waals surface area contributed by atoms with Gasteiger partial charge in [0.2, 0.25) is 1.43 Å². The van der Waals surface area contributed by atoms with Crippen molar-refractivity contribution in [2.75, 3.05) is 20.3 Å². The number of aliphatic hydroxyl groups is 1. The van der Waals surface area contributed by atoms with Crippen LogP contribution in [0, 0.1) is 11.3 Å². The van der Waals surface area contributed by atoms with E-state index in [9.17, 15) is 0 Å². The summed E-state index contributed by atoms with van der Waals surface area (Å²) in [6.45, 7) is 9.74. The Kier molecular flexibility index (Phi) is 12.5. The highest BCUT2D eigenvalue weighted by molar-refractivity contribution is 7.44. The fourth-order valence-corrected chi connectivity index (χ4v) is 3.08. The smallest absolute Gasteiger partial charge is 0.259 e. The van der Waals surface area contributed by atoms with Gasteiger partial charge in [-0.3, -0.25) is 0 Å². The molecule has 0 rings (SSSR count). The summed E-state index contributed by atoms with van der Waals surface area (Å²) in [5.41, 5.74) is 0. The van der Waals surface area contributed by atoms with Gasteiger partial charge in [-0.2, -0.15) is 5.26 Å². The molecule has 0 bridgehead atoms. The predicted octanol–water partition coefficient (Wildman–Crippen LogP) is 3.30. The summed E-state index contributed by atoms with van der Waals surface area (Å²) in [6.07, 6.45) is 1.09. The Morgan fingerprint density at radius 2 is 1.89 bits per heavy atom. The minimum absolute atomic E-state index is 0.328. The zero-order valence-corrected chi connectivity index (χ0v) is 13.7. The number of nitrogens with zero attached hydrogens (tertiary/aromatic N) is 2. The first-order chi connectivity index (χ1) is 9.95. The largest absolute Gasteiger partial charge is 0.400 e. The minimum atomic E-state index is -1.13. The zero-order chi connectivity index (χ0) is 16.7. The van der Waals surface area contributed by atoms with Crippen LogP contribution in [0.4, 0.5) is 0 Å². The molecule has 0 fully saturated rings. The van der Waals surface area contributed by atoms with Crippen molar-refractivity contribution in [1.82, 2.24) is 4.67 Å². The SMILES string of the molecule is [2H]CCCOP(OCCC#N)N(C(C)C)C(C)C.[3H]OC. The molecule has 0 saturated carbocycles. The van der Waals surface area contributed by atoms with Crippen LogP contribution in [0.1, 0.15) is 48.8 Å². The molecule has 1 atom stereocenters. The third-order valence-electron chi connectivity index (χ3n) is 2.01. The van der Waals surface area contributed by atoms with Crippen LogP contribution in [0.2, 0.25) is 0 Å². The van der Waals surface area contributed by atoms with Crippen molar-refractivity contribution in [3.05, 3.63) is 0 Å². The summed E-state index contributed by atoms with van der Waals surface area (Å²) in [5, 5.41) is 12.0. The highest BCUT2D eigenvalue weighted by atomic mass is 31.2. The molecule has 0 aromatic carbocycles. The fraction of sp³-hybridized carbons (Fsp3) is 0.923. The van der Waals surface area contributed by atoms with Crippen molar-refractivity contribution in [3.63, 3.8) is 0 Å². The summed E-state index contributed by atoms with van der Waals surface area (Å²) in [7, 11) is 0.164. The number of rotatable bonds is 9. The van der Waals surface area contributed by atoms with Gasteiger partial charge >= 0.3 is 0 Å². The van der Waals surface area contributed by atoms with E-state index in [1.54, 1.807) is 0 Å². The van der Waals surface area contributed by atoms with Crippen molar-refractivity contribution in [2.45, 2.75) is 59.5 Å². The molecule has 0 amide bonds. The molecule has 0 saturated heterocycles. The van der Waals surface area contributed by atoms with E-state index in [0.29, 0.717) is 45.0 Å². The average molecular weight is 295 g/mol. The molecular weight excluding hydrogens is 263 g/mol. The Balaban J connectivity index is 0. The molecule has 1 N–H and O–H groups in total. The summed E-state index contributed by atoms with van der Waals surface area (Å²) >= 11 is 0. The van der Waals surface area contributed by atoms with Crippen molar-refractivity contribution in [2.24, 2.45) is 0 Å². The number of aliphatic hydroxyl groups excluding tert-OH is 1. The maximum atomic E-state index is 8.55. The fourth-order valence-electron chi connectivity index (χ4n) is 1.46. The van der Waals surface area contributed by atoms with E-state index in [2.05, 4.69) is 43.5 Å². The van der Waals surface area contributed by atoms with E-state index in [-0.39, 0.29) is 0 Å². The van der Waals surface area contributed by atoms with E-state index in [1.165, 1.54) is 7.11 Å². The van der Waals surface area contributed by atoms with Crippen LogP contribution in [0.5, 0.6) is 0 Å². The lowest BCUT2D eigenvalue weighted by molar-refractivity contribution is 0.176. The van der Waals surface area contributed by atoms with Gasteiger partial charge in [0.25, 0.3) is 8.53 Å². The normalized spacial score (nSPS) is 13.6. The van der Waals surface area contributed by atoms with E-state index in [4.69, 9.17) is 17.1 Å². The lowest BCUT2D eigenvalue weighted by atomic mass is 10.3. The Morgan fingerprint density at radius 1 is 1.37 bits per heavy atom. The molecule has 0 aliphatic rings. The maximum Gasteiger partial charge on any atom is 0.259 e. The van der Waals surface area contributed by atoms with E-state index in [0.717, 1.165) is 0 Å². The maximum absolute atomic E-state index is 8.55. The van der Waals surface area contributed by atoms with E-state index in [1.807, 2.05) is 0 Å². The first-order valence-corrected chi connectivity index (χ1v) is 7.58. The van der Waals surface area contributed by atoms with Crippen LogP contribution < -0.4 is 0 Å². The lowest BCUT2D eigenvalue weighted by Gasteiger charge is -2.35. The summed E-state index contributed by atoms with van der Waals surface area (Å²) < 4.78 is 26.5. The van der Waals surface area contributed by atoms with Crippen molar-refractivity contribution < 1.29 is 15.5 Å². The Morgan fingerprint density at radius 3 is 2.32 bits per heavy atom. The molecule has 1 unspecified atom stereocenters. The second-order valence-corrected chi connectivity index (χ2v) is 5.69. The van der Waals surface area contributed by atoms with Crippen LogP contribution >= 0.6 is 8.53 Å². The predicted molar refractivity (Wildman–Crippen MR) is 79.6 cm³/mol. The quantitative estimate of drug-likeness (QED) is 0.522. The Hall–Kier alpha value is -0.240. The van der Waals surface area contributed by atoms with Crippen molar-refractivity contribution >= 4 is 8.53 Å². The van der Waals surface area contributed by atoms with Gasteiger partial charge < -0.3 is 14.2 Å². The topological polar surface area (TPSA) is 65.7 Å². The molecule has 0 aromatic rings. The van der Waals surface area contributed by atoms with Crippen LogP contribution in [-0.2, 0) is 9.05 Å². The Labute approximate surface area is 122 Å². The van der Waals surface area contributed by atoms with Crippen LogP contribution in [0.15, 0.2) is 0 Å². The van der Waals surface area contributed by atoms with Gasteiger partial charge in [-0.25, -0.2) is 4.67 Å². The van der Waals surface area contributed by atoms with Gasteiger partial charge in [-0.1, -0.05) is 6.90 Å². The van der Waals surface area contributed by atoms with Gasteiger partial charge in [0.05, 0.1) is 25.7 Å². The molecule has 114 valence electrons. The summed E-state index contributed by atoms with van der Waals surface area (Å²) in [4.78, 5) is 0. The van der Waals surface area contributed by atoms with E-state index < -0.39 is 8.53 Å². The summed E-state index contributed by atoms with van der Waals surface area (Å²) in [6, 6.07) is 2.72. The first kappa shape index (κ1) is 16.8. The molecule has 0 aliphatic heterocycles. The third-order valence-corrected chi connectivity index (χ3v) is 4.12. The highest BCUT2D eigenvalue weighted by Gasteiger charge is 2.26. The molecule has 6 heteroatoms. The van der Waals surface area contributed by atoms with E-state index >= 15 is 0 Å². The number of nitriles is 1. The lowest BCUT2D eigenvalue weighted by Crippen LogP contribution is -2.33. The molecule has 0 spiro atoms. The monoisotopic (exact) mass is 295 g/mol. The molecule has 19 heavy (non-hydrogen) atoms. The minimum Gasteiger partial charge on any atom is -0.400 e. The van der Waals surface area contributed by atoms with Gasteiger partial charge in [-0.15, -0.1) is 0 Å². The third kappa shape index (κ3) is 10.2. The van der Waals surface area contributed by atoms with Gasteiger partial charge in [0, 0.05) is 20.6 Å². The van der Waals surface area contributed by atoms with Gasteiger partial charge in [0.15, 0.2) is 0 Å². The Bertz CT molecular complexity index is 258. The standard InChI is InChI=1S/C12H25N2O2P.CH4O/c1-6-9-15-17(16-10-7-8-13)14(11(2)3)12(4)5;1-2/h11-12H,6-7,9-10H2,1-5H3;2H,1H3/i1D;2T. The van der Waals surface area contributed by atoms with Gasteiger partial charge in [0.1, 0.15) is 0 Å². The first-order valence-electron chi connectivity index (χ1n) is 7.57. The van der Waals surface area contributed by atoms with Crippen molar-refractivity contribution in [1.29, 1.82) is 6.69 Å². The average Bonchev–Trinajstić information content (AvgIpc) is 2.39. The molecule has 0 aromatic heterocycles. The molecule has 0 heterocycles. The molecular formula is C13H29N2O3P. The van der Waals surface area contributed by atoms with Crippen LogP contribution in [0.3, 0.4) is 0 Å². The second-order valence-electron chi connectivity index (χ2n) is 4.23. The van der Waals surface area contributed by atoms with Crippen molar-refractivity contribution in [3.8, 4) is 6.07 Å². The molecule has 5 nitrogen and oxygen atoms in total. The summed E-state index contributed by atoms with van der Waals surface area (Å²) in [5.74, 6) is 0. The number of hydrogen-bond donors (Lipinski definition) is 1. The number of hydrogen-bond acceptors (Lipinski definition) is 5. The van der Waals surface area contributed by atoms with Gasteiger partial charge in [-0.05, 0) is 34.1 Å².